The number of furan rings is 1. The number of rotatable bonds is 7. The van der Waals surface area contributed by atoms with Gasteiger partial charge in [-0.05, 0) is 48.9 Å². The van der Waals surface area contributed by atoms with E-state index in [1.54, 1.807) is 43.5 Å². The minimum absolute atomic E-state index is 0.117. The van der Waals surface area contributed by atoms with Gasteiger partial charge in [-0.15, -0.1) is 0 Å². The van der Waals surface area contributed by atoms with Crippen LogP contribution in [-0.2, 0) is 6.54 Å². The number of urea groups is 1. The number of hydrogen-bond acceptors (Lipinski definition) is 4. The van der Waals surface area contributed by atoms with Gasteiger partial charge in [-0.2, -0.15) is 0 Å². The maximum absolute atomic E-state index is 13.0. The average Bonchev–Trinajstić information content (AvgIpc) is 3.21. The highest BCUT2D eigenvalue weighted by molar-refractivity contribution is 5.89. The van der Waals surface area contributed by atoms with E-state index in [4.69, 9.17) is 4.42 Å². The van der Waals surface area contributed by atoms with E-state index in [0.717, 1.165) is 5.56 Å². The van der Waals surface area contributed by atoms with Crippen LogP contribution in [0.25, 0.3) is 0 Å². The molecule has 3 aromatic rings. The van der Waals surface area contributed by atoms with Crippen molar-refractivity contribution in [3.63, 3.8) is 0 Å². The summed E-state index contributed by atoms with van der Waals surface area (Å²) in [6.45, 7) is 1.99. The molecule has 2 amide bonds. The lowest BCUT2D eigenvalue weighted by atomic mass is 10.1. The summed E-state index contributed by atoms with van der Waals surface area (Å²) in [5.74, 6) is 0.0743. The number of carbonyl (C=O) groups is 1. The predicted octanol–water partition coefficient (Wildman–Crippen LogP) is 3.26. The van der Waals surface area contributed by atoms with Gasteiger partial charge in [-0.1, -0.05) is 12.1 Å². The number of anilines is 1. The van der Waals surface area contributed by atoms with Gasteiger partial charge in [0, 0.05) is 18.7 Å². The molecule has 0 unspecified atom stereocenters. The molecule has 2 atom stereocenters. The van der Waals surface area contributed by atoms with Gasteiger partial charge in [0.05, 0.1) is 12.8 Å². The molecule has 29 heavy (non-hydrogen) atoms. The largest absolute Gasteiger partial charge is 0.467 e. The highest BCUT2D eigenvalue weighted by Crippen LogP contribution is 2.18. The molecule has 2 heterocycles. The van der Waals surface area contributed by atoms with Crippen LogP contribution in [0, 0.1) is 5.82 Å². The monoisotopic (exact) mass is 399 g/mol. The number of halogens is 1. The Morgan fingerprint density at radius 1 is 1.21 bits per heavy atom. The fourth-order valence-corrected chi connectivity index (χ4v) is 2.92. The zero-order chi connectivity index (χ0) is 20.8. The van der Waals surface area contributed by atoms with Gasteiger partial charge in [-0.25, -0.2) is 9.18 Å². The third-order valence-electron chi connectivity index (χ3n) is 4.36. The molecule has 0 saturated carbocycles. The van der Waals surface area contributed by atoms with Crippen molar-refractivity contribution in [2.75, 3.05) is 5.32 Å². The topological polar surface area (TPSA) is 96.5 Å². The van der Waals surface area contributed by atoms with Gasteiger partial charge >= 0.3 is 6.03 Å². The fraction of sp³-hybridized carbons (Fsp3) is 0.238. The number of pyridine rings is 1. The van der Waals surface area contributed by atoms with Gasteiger partial charge in [0.1, 0.15) is 23.4 Å². The van der Waals surface area contributed by atoms with Crippen LogP contribution in [0.1, 0.15) is 30.8 Å². The molecule has 0 aliphatic carbocycles. The molecular formula is C21H22FN3O4. The highest BCUT2D eigenvalue weighted by atomic mass is 19.1. The number of aliphatic hydroxyl groups is 1. The number of nitrogens with zero attached hydrogens (tertiary/aromatic N) is 1. The quantitative estimate of drug-likeness (QED) is 0.568. The summed E-state index contributed by atoms with van der Waals surface area (Å²) in [5.41, 5.74) is 0.497. The van der Waals surface area contributed by atoms with Crippen molar-refractivity contribution in [3.05, 3.63) is 88.5 Å². The van der Waals surface area contributed by atoms with Crippen LogP contribution >= 0.6 is 0 Å². The van der Waals surface area contributed by atoms with E-state index in [1.165, 1.54) is 29.0 Å². The summed E-state index contributed by atoms with van der Waals surface area (Å²) in [5, 5.41) is 15.3. The van der Waals surface area contributed by atoms with Crippen molar-refractivity contribution in [2.24, 2.45) is 0 Å². The summed E-state index contributed by atoms with van der Waals surface area (Å²) in [6, 6.07) is 11.4. The molecule has 8 heteroatoms. The van der Waals surface area contributed by atoms with Crippen LogP contribution in [-0.4, -0.2) is 21.7 Å². The van der Waals surface area contributed by atoms with E-state index in [0.29, 0.717) is 5.76 Å². The first-order valence-electron chi connectivity index (χ1n) is 9.15. The molecule has 0 bridgehead atoms. The molecule has 0 radical (unpaired) electrons. The fourth-order valence-electron chi connectivity index (χ4n) is 2.92. The third-order valence-corrected chi connectivity index (χ3v) is 4.36. The summed E-state index contributed by atoms with van der Waals surface area (Å²) in [6.07, 6.45) is 2.47. The normalized spacial score (nSPS) is 12.9. The van der Waals surface area contributed by atoms with Crippen LogP contribution < -0.4 is 16.2 Å². The summed E-state index contributed by atoms with van der Waals surface area (Å²) >= 11 is 0. The SMILES string of the molecule is C[C@@H](C[C@@H](O)c1ccco1)NC(=O)Nc1cccn(Cc2ccc(F)cc2)c1=O. The van der Waals surface area contributed by atoms with Crippen molar-refractivity contribution >= 4 is 11.7 Å². The molecule has 152 valence electrons. The molecular weight excluding hydrogens is 377 g/mol. The second kappa shape index (κ2) is 9.20. The molecule has 0 aliphatic heterocycles. The second-order valence-corrected chi connectivity index (χ2v) is 6.75. The Labute approximate surface area is 166 Å². The summed E-state index contributed by atoms with van der Waals surface area (Å²) < 4.78 is 19.6. The number of carbonyl (C=O) groups excluding carboxylic acids is 1. The second-order valence-electron chi connectivity index (χ2n) is 6.75. The Hall–Kier alpha value is -3.39. The number of nitrogens with one attached hydrogen (secondary N) is 2. The van der Waals surface area contributed by atoms with Crippen molar-refractivity contribution < 1.29 is 18.7 Å². The number of amides is 2. The predicted molar refractivity (Wildman–Crippen MR) is 106 cm³/mol. The van der Waals surface area contributed by atoms with Gasteiger partial charge in [0.2, 0.25) is 0 Å². The third kappa shape index (κ3) is 5.55. The molecule has 1 aromatic carbocycles. The van der Waals surface area contributed by atoms with Crippen molar-refractivity contribution in [2.45, 2.75) is 32.0 Å². The first kappa shape index (κ1) is 20.3. The summed E-state index contributed by atoms with van der Waals surface area (Å²) in [7, 11) is 0. The van der Waals surface area contributed by atoms with Gasteiger partial charge < -0.3 is 24.7 Å². The Morgan fingerprint density at radius 3 is 2.66 bits per heavy atom. The smallest absolute Gasteiger partial charge is 0.319 e. The van der Waals surface area contributed by atoms with Crippen molar-refractivity contribution in [1.82, 2.24) is 9.88 Å². The molecule has 0 saturated heterocycles. The maximum Gasteiger partial charge on any atom is 0.319 e. The first-order valence-corrected chi connectivity index (χ1v) is 9.15. The van der Waals surface area contributed by atoms with E-state index in [2.05, 4.69) is 10.6 Å². The lowest BCUT2D eigenvalue weighted by Gasteiger charge is -2.17. The Bertz CT molecular complexity index is 1000. The van der Waals surface area contributed by atoms with Crippen LogP contribution in [0.5, 0.6) is 0 Å². The van der Waals surface area contributed by atoms with E-state index in [9.17, 15) is 19.1 Å². The van der Waals surface area contributed by atoms with Crippen molar-refractivity contribution in [3.8, 4) is 0 Å². The lowest BCUT2D eigenvalue weighted by molar-refractivity contribution is 0.130. The van der Waals surface area contributed by atoms with Crippen LogP contribution in [0.3, 0.4) is 0 Å². The minimum Gasteiger partial charge on any atom is -0.467 e. The molecule has 0 fully saturated rings. The molecule has 0 spiro atoms. The van der Waals surface area contributed by atoms with Crippen LogP contribution in [0.4, 0.5) is 14.9 Å². The molecule has 7 nitrogen and oxygen atoms in total. The molecule has 0 aliphatic rings. The van der Waals surface area contributed by atoms with E-state index in [-0.39, 0.29) is 36.1 Å². The number of aromatic nitrogens is 1. The molecule has 3 rings (SSSR count). The van der Waals surface area contributed by atoms with E-state index < -0.39 is 12.1 Å². The lowest BCUT2D eigenvalue weighted by Crippen LogP contribution is -2.38. The summed E-state index contributed by atoms with van der Waals surface area (Å²) in [4.78, 5) is 24.8. The van der Waals surface area contributed by atoms with E-state index >= 15 is 0 Å². The Morgan fingerprint density at radius 2 is 1.97 bits per heavy atom. The van der Waals surface area contributed by atoms with Gasteiger partial charge in [-0.3, -0.25) is 4.79 Å². The molecule has 3 N–H and O–H groups in total. The van der Waals surface area contributed by atoms with Crippen LogP contribution in [0.15, 0.2) is 70.2 Å². The Balaban J connectivity index is 1.60. The van der Waals surface area contributed by atoms with Gasteiger partial charge in [0.25, 0.3) is 5.56 Å². The first-order chi connectivity index (χ1) is 13.9. The highest BCUT2D eigenvalue weighted by Gasteiger charge is 2.17. The Kier molecular flexibility index (Phi) is 6.46. The minimum atomic E-state index is -0.843. The zero-order valence-corrected chi connectivity index (χ0v) is 15.8. The molecule has 2 aromatic heterocycles. The van der Waals surface area contributed by atoms with Crippen LogP contribution in [0.2, 0.25) is 0 Å². The van der Waals surface area contributed by atoms with Gasteiger partial charge in [0.15, 0.2) is 0 Å². The standard InChI is InChI=1S/C21H22FN3O4/c1-14(12-18(26)19-5-3-11-29-19)23-21(28)24-17-4-2-10-25(20(17)27)13-15-6-8-16(22)9-7-15/h2-11,14,18,26H,12-13H2,1H3,(H2,23,24,28)/t14-,18+/m0/s1. The number of aliphatic hydroxyl groups excluding tert-OH is 1. The van der Waals surface area contributed by atoms with Crippen molar-refractivity contribution in [1.29, 1.82) is 0 Å². The maximum atomic E-state index is 13.0. The number of benzene rings is 1. The number of hydrogen-bond donors (Lipinski definition) is 3. The van der Waals surface area contributed by atoms with E-state index in [1.807, 2.05) is 0 Å². The average molecular weight is 399 g/mol. The zero-order valence-electron chi connectivity index (χ0n) is 15.8.